The first kappa shape index (κ1) is 37.1. The number of aliphatic hydroxyl groups excluding tert-OH is 2. The standard InChI is InChI=1S/C23H31NO4.C22H31NO3/c1-14(25)18-6-5-16-11-19-23(28)8-7-17(26)12-22(23,20(16)21(18)27)9-10-24(19)13-15-3-2-4-15;1-14-5-6-16-11-18-22(26)8-7-17(24)12-21(22,19(16)20(14)25)9-10-23(18)13-15-3-2-4-15/h5-6,15,17,19,26-28H,2-4,7-13H2,1H3;5-6,15,17-18,24-26H,2-4,7-13H2,1H3/t17-,19-,22-,23-;17-,18+,21+,22+/m10/s1. The second-order valence-electron chi connectivity index (χ2n) is 19.1. The van der Waals surface area contributed by atoms with Crippen molar-refractivity contribution in [2.75, 3.05) is 26.2 Å². The van der Waals surface area contributed by atoms with Gasteiger partial charge in [0.25, 0.3) is 0 Å². The summed E-state index contributed by atoms with van der Waals surface area (Å²) in [4.78, 5) is 17.1. The molecule has 6 N–H and O–H groups in total. The third-order valence-corrected chi connectivity index (χ3v) is 16.5. The minimum Gasteiger partial charge on any atom is -0.507 e. The molecule has 294 valence electrons. The molecule has 2 aromatic rings. The molecule has 9 heteroatoms. The summed E-state index contributed by atoms with van der Waals surface area (Å²) in [5, 5.41) is 67.2. The number of rotatable bonds is 5. The fourth-order valence-corrected chi connectivity index (χ4v) is 13.2. The van der Waals surface area contributed by atoms with Crippen molar-refractivity contribution in [3.63, 3.8) is 0 Å². The van der Waals surface area contributed by atoms with E-state index in [1.165, 1.54) is 51.0 Å². The van der Waals surface area contributed by atoms with Crippen LogP contribution in [0.3, 0.4) is 0 Å². The van der Waals surface area contributed by atoms with Crippen LogP contribution < -0.4 is 0 Å². The molecular formula is C45H62N2O7. The predicted octanol–water partition coefficient (Wildman–Crippen LogP) is 5.18. The maximum Gasteiger partial charge on any atom is 0.163 e. The summed E-state index contributed by atoms with van der Waals surface area (Å²) in [7, 11) is 0. The molecule has 2 aliphatic heterocycles. The summed E-state index contributed by atoms with van der Waals surface area (Å²) in [6.07, 6.45) is 13.5. The molecule has 2 heterocycles. The van der Waals surface area contributed by atoms with Gasteiger partial charge in [-0.1, -0.05) is 31.0 Å². The van der Waals surface area contributed by atoms with E-state index in [2.05, 4.69) is 15.9 Å². The van der Waals surface area contributed by atoms with E-state index in [0.29, 0.717) is 62.7 Å². The Morgan fingerprint density at radius 1 is 0.685 bits per heavy atom. The molecule has 6 aliphatic carbocycles. The summed E-state index contributed by atoms with van der Waals surface area (Å²) in [6, 6.07) is 7.97. The van der Waals surface area contributed by atoms with Crippen LogP contribution in [-0.4, -0.2) is 108 Å². The molecule has 9 nitrogen and oxygen atoms in total. The van der Waals surface area contributed by atoms with E-state index in [0.717, 1.165) is 73.1 Å². The lowest BCUT2D eigenvalue weighted by atomic mass is 9.48. The smallest absolute Gasteiger partial charge is 0.163 e. The number of nitrogens with zero attached hydrogens (tertiary/aromatic N) is 2. The van der Waals surface area contributed by atoms with Crippen LogP contribution in [0.2, 0.25) is 0 Å². The number of piperidine rings is 2. The zero-order valence-corrected chi connectivity index (χ0v) is 32.4. The predicted molar refractivity (Wildman–Crippen MR) is 206 cm³/mol. The first-order valence-corrected chi connectivity index (χ1v) is 21.3. The van der Waals surface area contributed by atoms with Gasteiger partial charge in [0.2, 0.25) is 0 Å². The van der Waals surface area contributed by atoms with Crippen LogP contribution in [0.25, 0.3) is 0 Å². The zero-order chi connectivity index (χ0) is 37.8. The SMILES string of the molecule is CC(=O)c1ccc2c(c1O)[C@]13CCN(CC4CCC4)[C@H](C2)[C@]1(O)CC[C@@H](O)C3.Cc1ccc2c(c1O)[C@]13CCN(CC4CCC4)[C@H](C2)[C@]1(O)CC[C@H](O)C3. The number of ketones is 1. The molecule has 4 saturated carbocycles. The van der Waals surface area contributed by atoms with Crippen LogP contribution in [0.4, 0.5) is 0 Å². The molecule has 8 aliphatic rings. The van der Waals surface area contributed by atoms with Crippen molar-refractivity contribution >= 4 is 5.78 Å². The van der Waals surface area contributed by atoms with E-state index < -0.39 is 28.1 Å². The maximum absolute atomic E-state index is 12.1. The van der Waals surface area contributed by atoms with E-state index in [1.54, 1.807) is 6.07 Å². The molecule has 10 rings (SSSR count). The molecule has 8 atom stereocenters. The fourth-order valence-electron chi connectivity index (χ4n) is 13.2. The van der Waals surface area contributed by atoms with Gasteiger partial charge in [-0.05, 0) is 151 Å². The number of aryl methyl sites for hydroxylation is 1. The van der Waals surface area contributed by atoms with Gasteiger partial charge in [-0.3, -0.25) is 14.6 Å². The van der Waals surface area contributed by atoms with Gasteiger partial charge < -0.3 is 30.6 Å². The number of aliphatic hydroxyl groups is 4. The third-order valence-electron chi connectivity index (χ3n) is 16.5. The first-order valence-electron chi connectivity index (χ1n) is 21.3. The van der Waals surface area contributed by atoms with Crippen molar-refractivity contribution in [3.05, 3.63) is 57.6 Å². The number of carbonyl (C=O) groups is 1. The second kappa shape index (κ2) is 13.3. The highest BCUT2D eigenvalue weighted by Crippen LogP contribution is 2.62. The van der Waals surface area contributed by atoms with Crippen LogP contribution >= 0.6 is 0 Å². The molecule has 54 heavy (non-hydrogen) atoms. The van der Waals surface area contributed by atoms with Crippen molar-refractivity contribution in [2.24, 2.45) is 11.8 Å². The number of aromatic hydroxyl groups is 2. The Morgan fingerprint density at radius 3 is 1.59 bits per heavy atom. The van der Waals surface area contributed by atoms with Crippen LogP contribution in [0.1, 0.15) is 135 Å². The molecule has 0 amide bonds. The van der Waals surface area contributed by atoms with E-state index in [9.17, 15) is 35.4 Å². The van der Waals surface area contributed by atoms with Crippen molar-refractivity contribution in [1.82, 2.24) is 9.80 Å². The molecular weight excluding hydrogens is 681 g/mol. The number of phenols is 2. The monoisotopic (exact) mass is 742 g/mol. The van der Waals surface area contributed by atoms with Crippen molar-refractivity contribution in [1.29, 1.82) is 0 Å². The van der Waals surface area contributed by atoms with Crippen LogP contribution in [-0.2, 0) is 23.7 Å². The average molecular weight is 743 g/mol. The fraction of sp³-hybridized carbons (Fsp3) is 0.711. The van der Waals surface area contributed by atoms with Gasteiger partial charge in [-0.25, -0.2) is 0 Å². The summed E-state index contributed by atoms with van der Waals surface area (Å²) in [5.41, 5.74) is 2.10. The topological polar surface area (TPSA) is 145 Å². The molecule has 0 unspecified atom stereocenters. The first-order chi connectivity index (χ1) is 25.8. The molecule has 2 aromatic carbocycles. The van der Waals surface area contributed by atoms with E-state index in [1.807, 2.05) is 19.1 Å². The molecule has 0 radical (unpaired) electrons. The van der Waals surface area contributed by atoms with Gasteiger partial charge in [0, 0.05) is 47.1 Å². The van der Waals surface area contributed by atoms with Crippen LogP contribution in [0.15, 0.2) is 24.3 Å². The second-order valence-corrected chi connectivity index (χ2v) is 19.1. The number of hydrogen-bond acceptors (Lipinski definition) is 9. The Morgan fingerprint density at radius 2 is 1.15 bits per heavy atom. The number of fused-ring (bicyclic) bond motifs is 2. The Balaban J connectivity index is 0.000000143. The Hall–Kier alpha value is -2.53. The highest BCUT2D eigenvalue weighted by atomic mass is 16.3. The number of likely N-dealkylation sites (tertiary alicyclic amines) is 2. The normalized spacial score (nSPS) is 38.7. The highest BCUT2D eigenvalue weighted by molar-refractivity contribution is 5.97. The quantitative estimate of drug-likeness (QED) is 0.228. The van der Waals surface area contributed by atoms with Gasteiger partial charge in [-0.2, -0.15) is 0 Å². The van der Waals surface area contributed by atoms with E-state index in [-0.39, 0.29) is 29.7 Å². The Labute approximate surface area is 320 Å². The molecule has 0 aromatic heterocycles. The van der Waals surface area contributed by atoms with Crippen molar-refractivity contribution in [3.8, 4) is 11.5 Å². The maximum atomic E-state index is 12.1. The molecule has 4 bridgehead atoms. The van der Waals surface area contributed by atoms with Gasteiger partial charge in [0.1, 0.15) is 11.5 Å². The molecule has 0 spiro atoms. The van der Waals surface area contributed by atoms with Crippen molar-refractivity contribution in [2.45, 2.75) is 163 Å². The van der Waals surface area contributed by atoms with E-state index in [4.69, 9.17) is 0 Å². The minimum atomic E-state index is -0.964. The Kier molecular flexibility index (Phi) is 9.11. The van der Waals surface area contributed by atoms with Gasteiger partial charge in [0.05, 0.1) is 29.0 Å². The van der Waals surface area contributed by atoms with Crippen LogP contribution in [0.5, 0.6) is 11.5 Å². The number of Topliss-reactive ketones (excluding diaryl/α,β-unsaturated/α-hetero) is 1. The summed E-state index contributed by atoms with van der Waals surface area (Å²) >= 11 is 0. The largest absolute Gasteiger partial charge is 0.507 e. The summed E-state index contributed by atoms with van der Waals surface area (Å²) < 4.78 is 0. The minimum absolute atomic E-state index is 0.0180. The summed E-state index contributed by atoms with van der Waals surface area (Å²) in [5.74, 6) is 1.73. The van der Waals surface area contributed by atoms with Crippen LogP contribution in [0, 0.1) is 18.8 Å². The lowest BCUT2D eigenvalue weighted by molar-refractivity contribution is -0.185. The number of phenolic OH excluding ortho intramolecular Hbond substituents is 2. The zero-order valence-electron chi connectivity index (χ0n) is 32.4. The average Bonchev–Trinajstić information content (AvgIpc) is 3.08. The lowest BCUT2D eigenvalue weighted by Crippen LogP contribution is -2.73. The number of carbonyl (C=O) groups excluding carboxylic acids is 1. The van der Waals surface area contributed by atoms with Gasteiger partial charge in [-0.15, -0.1) is 0 Å². The third kappa shape index (κ3) is 5.34. The Bertz CT molecular complexity index is 1810. The number of hydrogen-bond donors (Lipinski definition) is 6. The summed E-state index contributed by atoms with van der Waals surface area (Å²) in [6.45, 7) is 7.37. The molecule has 6 fully saturated rings. The number of benzene rings is 2. The van der Waals surface area contributed by atoms with Gasteiger partial charge >= 0.3 is 0 Å². The lowest BCUT2D eigenvalue weighted by Gasteiger charge is -2.64. The van der Waals surface area contributed by atoms with Gasteiger partial charge in [0.15, 0.2) is 5.78 Å². The van der Waals surface area contributed by atoms with E-state index >= 15 is 0 Å². The highest BCUT2D eigenvalue weighted by Gasteiger charge is 2.67. The van der Waals surface area contributed by atoms with Crippen molar-refractivity contribution < 1.29 is 35.4 Å². The molecule has 2 saturated heterocycles.